The van der Waals surface area contributed by atoms with Gasteiger partial charge in [-0.2, -0.15) is 4.68 Å². The number of carboxylic acid groups (broad SMARTS) is 1. The minimum atomic E-state index is -1.02. The van der Waals surface area contributed by atoms with Gasteiger partial charge in [0.1, 0.15) is 24.0 Å². The van der Waals surface area contributed by atoms with Crippen molar-refractivity contribution in [2.24, 2.45) is 0 Å². The van der Waals surface area contributed by atoms with Crippen LogP contribution in [-0.2, 0) is 19.1 Å². The average molecular weight is 455 g/mol. The highest BCUT2D eigenvalue weighted by Crippen LogP contribution is 2.36. The highest BCUT2D eigenvalue weighted by atomic mass is 16.6. The zero-order valence-corrected chi connectivity index (χ0v) is 17.4. The van der Waals surface area contributed by atoms with Gasteiger partial charge in [0.25, 0.3) is 0 Å². The molecule has 0 saturated carbocycles. The van der Waals surface area contributed by atoms with E-state index in [-0.39, 0.29) is 56.2 Å². The molecule has 0 aliphatic carbocycles. The van der Waals surface area contributed by atoms with Crippen LogP contribution in [0.5, 0.6) is 11.8 Å². The Balaban J connectivity index is 1.23. The van der Waals surface area contributed by atoms with E-state index in [0.29, 0.717) is 5.75 Å². The lowest BCUT2D eigenvalue weighted by molar-refractivity contribution is -0.139. The molecular formula is C20H21N7O6. The maximum atomic E-state index is 12.0. The van der Waals surface area contributed by atoms with Gasteiger partial charge in [0, 0.05) is 24.5 Å². The number of amides is 1. The molecule has 33 heavy (non-hydrogen) atoms. The number of nitrogens with one attached hydrogen (secondary N) is 1. The largest absolute Gasteiger partial charge is 0.481 e. The lowest BCUT2D eigenvalue weighted by Gasteiger charge is -2.18. The molecule has 13 heteroatoms. The number of hydrogen-bond acceptors (Lipinski definition) is 9. The van der Waals surface area contributed by atoms with E-state index in [2.05, 4.69) is 25.8 Å². The van der Waals surface area contributed by atoms with Crippen LogP contribution < -0.4 is 10.1 Å². The van der Waals surface area contributed by atoms with Crippen LogP contribution in [0.15, 0.2) is 43.0 Å². The second-order valence-electron chi connectivity index (χ2n) is 7.70. The first kappa shape index (κ1) is 21.0. The zero-order chi connectivity index (χ0) is 22.8. The van der Waals surface area contributed by atoms with E-state index in [9.17, 15) is 9.59 Å². The van der Waals surface area contributed by atoms with Gasteiger partial charge in [-0.05, 0) is 34.7 Å². The van der Waals surface area contributed by atoms with E-state index in [4.69, 9.17) is 19.3 Å². The summed E-state index contributed by atoms with van der Waals surface area (Å²) in [6.07, 6.45) is 4.14. The van der Waals surface area contributed by atoms with E-state index in [0.717, 1.165) is 5.69 Å². The highest BCUT2D eigenvalue weighted by molar-refractivity contribution is 5.80. The molecule has 4 heterocycles. The van der Waals surface area contributed by atoms with Crippen LogP contribution in [0.25, 0.3) is 5.69 Å². The molecule has 2 N–H and O–H groups in total. The van der Waals surface area contributed by atoms with E-state index in [1.54, 1.807) is 24.7 Å². The predicted molar refractivity (Wildman–Crippen MR) is 109 cm³/mol. The van der Waals surface area contributed by atoms with Gasteiger partial charge in [-0.15, -0.1) is 0 Å². The van der Waals surface area contributed by atoms with Crippen molar-refractivity contribution in [2.45, 2.75) is 37.1 Å². The third-order valence-electron chi connectivity index (χ3n) is 5.56. The van der Waals surface area contributed by atoms with E-state index in [1.165, 1.54) is 4.68 Å². The molecule has 0 radical (unpaired) electrons. The van der Waals surface area contributed by atoms with Gasteiger partial charge < -0.3 is 29.2 Å². The second kappa shape index (κ2) is 8.96. The van der Waals surface area contributed by atoms with Crippen LogP contribution in [0, 0.1) is 0 Å². The van der Waals surface area contributed by atoms with Gasteiger partial charge in [-0.1, -0.05) is 5.10 Å². The summed E-state index contributed by atoms with van der Waals surface area (Å²) in [5, 5.41) is 23.3. The number of aromatic nitrogens is 6. The molecule has 0 unspecified atom stereocenters. The molecule has 2 fully saturated rings. The van der Waals surface area contributed by atoms with Crippen LogP contribution in [0.2, 0.25) is 0 Å². The maximum Gasteiger partial charge on any atom is 0.341 e. The number of carbonyl (C=O) groups excluding carboxylic acids is 1. The van der Waals surface area contributed by atoms with Crippen molar-refractivity contribution in [3.8, 4) is 17.4 Å². The number of tetrazole rings is 1. The predicted octanol–water partition coefficient (Wildman–Crippen LogP) is 0.339. The Morgan fingerprint density at radius 1 is 1.15 bits per heavy atom. The van der Waals surface area contributed by atoms with Gasteiger partial charge in [-0.25, -0.2) is 4.98 Å². The molecule has 0 bridgehead atoms. The number of aliphatic carboxylic acids is 1. The molecule has 13 nitrogen and oxygen atoms in total. The second-order valence-corrected chi connectivity index (χ2v) is 7.70. The molecule has 4 atom stereocenters. The average Bonchev–Trinajstić information content (AvgIpc) is 3.59. The molecule has 2 aliphatic heterocycles. The fourth-order valence-corrected chi connectivity index (χ4v) is 3.98. The van der Waals surface area contributed by atoms with Gasteiger partial charge >= 0.3 is 12.0 Å². The summed E-state index contributed by atoms with van der Waals surface area (Å²) in [5.74, 6) is -0.823. The lowest BCUT2D eigenvalue weighted by atomic mass is 10.1. The summed E-state index contributed by atoms with van der Waals surface area (Å²) in [6.45, 7) is 0.524. The lowest BCUT2D eigenvalue weighted by Crippen LogP contribution is -2.44. The fraction of sp³-hybridized carbons (Fsp3) is 0.400. The van der Waals surface area contributed by atoms with Crippen molar-refractivity contribution in [2.75, 3.05) is 13.2 Å². The summed E-state index contributed by atoms with van der Waals surface area (Å²) in [7, 11) is 0. The van der Waals surface area contributed by atoms with Crippen LogP contribution >= 0.6 is 0 Å². The number of ether oxygens (including phenoxy) is 3. The third-order valence-corrected chi connectivity index (χ3v) is 5.56. The fourth-order valence-electron chi connectivity index (χ4n) is 3.98. The molecule has 2 aliphatic rings. The summed E-state index contributed by atoms with van der Waals surface area (Å²) < 4.78 is 21.0. The molecule has 0 spiro atoms. The number of carbonyl (C=O) groups is 2. The molecule has 1 amide bonds. The Kier molecular flexibility index (Phi) is 5.71. The Hall–Kier alpha value is -3.84. The normalized spacial score (nSPS) is 23.9. The van der Waals surface area contributed by atoms with Crippen LogP contribution in [-0.4, -0.2) is 78.2 Å². The zero-order valence-electron chi connectivity index (χ0n) is 17.4. The van der Waals surface area contributed by atoms with Crippen molar-refractivity contribution < 1.29 is 28.9 Å². The Labute approximate surface area is 187 Å². The molecule has 5 rings (SSSR count). The van der Waals surface area contributed by atoms with Crippen molar-refractivity contribution in [1.29, 1.82) is 0 Å². The first-order valence-corrected chi connectivity index (χ1v) is 10.4. The monoisotopic (exact) mass is 455 g/mol. The molecule has 172 valence electrons. The summed E-state index contributed by atoms with van der Waals surface area (Å²) in [6, 6.07) is 6.85. The Morgan fingerprint density at radius 2 is 1.97 bits per heavy atom. The number of rotatable bonds is 8. The van der Waals surface area contributed by atoms with Crippen LogP contribution in [0.1, 0.15) is 18.9 Å². The third kappa shape index (κ3) is 4.40. The molecular weight excluding hydrogens is 434 g/mol. The van der Waals surface area contributed by atoms with Gasteiger partial charge in [0.15, 0.2) is 0 Å². The minimum Gasteiger partial charge on any atom is -0.481 e. The summed E-state index contributed by atoms with van der Waals surface area (Å²) >= 11 is 0. The first-order valence-electron chi connectivity index (χ1n) is 10.4. The van der Waals surface area contributed by atoms with E-state index < -0.39 is 12.1 Å². The maximum absolute atomic E-state index is 12.0. The van der Waals surface area contributed by atoms with Crippen molar-refractivity contribution >= 4 is 11.9 Å². The molecule has 2 aromatic heterocycles. The number of nitrogens with zero attached hydrogens (tertiary/aromatic N) is 6. The van der Waals surface area contributed by atoms with Crippen molar-refractivity contribution in [1.82, 2.24) is 35.1 Å². The molecule has 3 aromatic rings. The van der Waals surface area contributed by atoms with Gasteiger partial charge in [-0.3, -0.25) is 9.59 Å². The SMILES string of the molecule is O=C(O)CCC(=O)N[C@H]1CO[C@H]2[C@H]1OC[C@H]2n1nnnc1Oc1ccc(-n2ccnc2)cc1. The number of fused-ring (bicyclic) bond motifs is 1. The number of imidazole rings is 1. The minimum absolute atomic E-state index is 0.0999. The summed E-state index contributed by atoms with van der Waals surface area (Å²) in [4.78, 5) is 26.7. The highest BCUT2D eigenvalue weighted by Gasteiger charge is 2.50. The Morgan fingerprint density at radius 3 is 2.73 bits per heavy atom. The number of hydrogen-bond donors (Lipinski definition) is 2. The van der Waals surface area contributed by atoms with Gasteiger partial charge in [0.2, 0.25) is 5.91 Å². The van der Waals surface area contributed by atoms with Crippen molar-refractivity contribution in [3.05, 3.63) is 43.0 Å². The van der Waals surface area contributed by atoms with E-state index >= 15 is 0 Å². The smallest absolute Gasteiger partial charge is 0.341 e. The Bertz CT molecular complexity index is 1120. The standard InChI is InChI=1S/C20H21N7O6/c28-16(5-6-17(29)30)22-14-9-31-19-15(10-32-18(14)19)27-20(23-24-25-27)33-13-3-1-12(2-4-13)26-8-7-21-11-26/h1-4,7-8,11,14-15,18-19H,5-6,9-10H2,(H,22,28)(H,29,30)/t14-,15+,18-,19+/m0/s1. The summed E-state index contributed by atoms with van der Waals surface area (Å²) in [5.41, 5.74) is 0.933. The number of benzene rings is 1. The number of carboxylic acids is 1. The topological polar surface area (TPSA) is 156 Å². The van der Waals surface area contributed by atoms with Gasteiger partial charge in [0.05, 0.1) is 32.0 Å². The first-order chi connectivity index (χ1) is 16.1. The van der Waals surface area contributed by atoms with Crippen LogP contribution in [0.4, 0.5) is 0 Å². The quantitative estimate of drug-likeness (QED) is 0.486. The molecule has 2 saturated heterocycles. The molecule has 1 aromatic carbocycles. The van der Waals surface area contributed by atoms with Crippen LogP contribution in [0.3, 0.4) is 0 Å². The van der Waals surface area contributed by atoms with E-state index in [1.807, 2.05) is 22.9 Å². The van der Waals surface area contributed by atoms with Crippen molar-refractivity contribution in [3.63, 3.8) is 0 Å².